The van der Waals surface area contributed by atoms with Crippen LogP contribution >= 0.6 is 0 Å². The Bertz CT molecular complexity index is 296. The minimum absolute atomic E-state index is 0.367. The highest BCUT2D eigenvalue weighted by molar-refractivity contribution is 5.16. The maximum absolute atomic E-state index is 5.89. The van der Waals surface area contributed by atoms with Gasteiger partial charge in [0.2, 0.25) is 0 Å². The summed E-state index contributed by atoms with van der Waals surface area (Å²) in [4.78, 5) is 0. The van der Waals surface area contributed by atoms with E-state index in [2.05, 4.69) is 24.3 Å². The summed E-state index contributed by atoms with van der Waals surface area (Å²) >= 11 is 0. The molecule has 1 heterocycles. The fraction of sp³-hybridized carbons (Fsp3) is 0.571. The van der Waals surface area contributed by atoms with Crippen LogP contribution in [0.5, 0.6) is 0 Å². The normalized spacial score (nSPS) is 25.6. The second kappa shape index (κ2) is 5.46. The number of rotatable bonds is 4. The molecule has 2 nitrogen and oxygen atoms in total. The Morgan fingerprint density at radius 3 is 2.69 bits per heavy atom. The van der Waals surface area contributed by atoms with Crippen molar-refractivity contribution in [1.29, 1.82) is 0 Å². The van der Waals surface area contributed by atoms with Crippen molar-refractivity contribution in [3.63, 3.8) is 0 Å². The predicted octanol–water partition coefficient (Wildman–Crippen LogP) is 3.16. The highest BCUT2D eigenvalue weighted by atomic mass is 16.7. The largest absolute Gasteiger partial charge is 0.350 e. The Morgan fingerprint density at radius 1 is 1.25 bits per heavy atom. The van der Waals surface area contributed by atoms with Gasteiger partial charge in [0.15, 0.2) is 5.79 Å². The van der Waals surface area contributed by atoms with Gasteiger partial charge in [0.1, 0.15) is 0 Å². The van der Waals surface area contributed by atoms with E-state index in [1.165, 1.54) is 12.0 Å². The average Bonchev–Trinajstić information content (AvgIpc) is 2.31. The second-order valence-corrected chi connectivity index (χ2v) is 4.31. The molecule has 1 unspecified atom stereocenters. The van der Waals surface area contributed by atoms with Gasteiger partial charge in [-0.05, 0) is 25.3 Å². The Kier molecular flexibility index (Phi) is 3.97. The van der Waals surface area contributed by atoms with Gasteiger partial charge in [-0.15, -0.1) is 0 Å². The first kappa shape index (κ1) is 11.6. The van der Waals surface area contributed by atoms with Crippen LogP contribution in [0, 0.1) is 0 Å². The lowest BCUT2D eigenvalue weighted by atomic mass is 9.97. The van der Waals surface area contributed by atoms with Gasteiger partial charge in [0.05, 0.1) is 6.61 Å². The van der Waals surface area contributed by atoms with Crippen molar-refractivity contribution in [1.82, 2.24) is 0 Å². The van der Waals surface area contributed by atoms with Crippen molar-refractivity contribution in [3.8, 4) is 0 Å². The quantitative estimate of drug-likeness (QED) is 0.776. The molecule has 1 aliphatic heterocycles. The Hall–Kier alpha value is -0.860. The average molecular weight is 220 g/mol. The van der Waals surface area contributed by atoms with Crippen LogP contribution in [0.2, 0.25) is 0 Å². The topological polar surface area (TPSA) is 18.5 Å². The van der Waals surface area contributed by atoms with Crippen LogP contribution in [-0.4, -0.2) is 19.0 Å². The smallest absolute Gasteiger partial charge is 0.172 e. The van der Waals surface area contributed by atoms with Crippen molar-refractivity contribution >= 4 is 0 Å². The zero-order valence-corrected chi connectivity index (χ0v) is 9.95. The summed E-state index contributed by atoms with van der Waals surface area (Å²) in [5, 5.41) is 0. The standard InChI is InChI=1S/C14H20O2/c1-2-15-14(10-6-7-11-16-14)12-13-8-4-3-5-9-13/h3-5,8-9H,2,6-7,10-12H2,1H3. The zero-order chi connectivity index (χ0) is 11.3. The van der Waals surface area contributed by atoms with Crippen LogP contribution in [0.25, 0.3) is 0 Å². The third-order valence-electron chi connectivity index (χ3n) is 3.04. The molecule has 2 heteroatoms. The molecule has 16 heavy (non-hydrogen) atoms. The lowest BCUT2D eigenvalue weighted by Crippen LogP contribution is -2.41. The molecule has 88 valence electrons. The third-order valence-corrected chi connectivity index (χ3v) is 3.04. The van der Waals surface area contributed by atoms with Crippen molar-refractivity contribution in [2.75, 3.05) is 13.2 Å². The molecule has 0 aromatic heterocycles. The Labute approximate surface area is 97.6 Å². The maximum Gasteiger partial charge on any atom is 0.172 e. The fourth-order valence-corrected chi connectivity index (χ4v) is 2.30. The van der Waals surface area contributed by atoms with Gasteiger partial charge in [0.25, 0.3) is 0 Å². The molecule has 1 aromatic rings. The lowest BCUT2D eigenvalue weighted by Gasteiger charge is -2.37. The van der Waals surface area contributed by atoms with Crippen LogP contribution in [0.1, 0.15) is 31.7 Å². The summed E-state index contributed by atoms with van der Waals surface area (Å²) in [5.41, 5.74) is 1.29. The summed E-state index contributed by atoms with van der Waals surface area (Å²) < 4.78 is 11.7. The summed E-state index contributed by atoms with van der Waals surface area (Å²) in [6.07, 6.45) is 4.23. The van der Waals surface area contributed by atoms with Gasteiger partial charge in [-0.2, -0.15) is 0 Å². The van der Waals surface area contributed by atoms with E-state index in [4.69, 9.17) is 9.47 Å². The molecule has 0 saturated carbocycles. The van der Waals surface area contributed by atoms with Crippen LogP contribution in [0.3, 0.4) is 0 Å². The molecular formula is C14H20O2. The fourth-order valence-electron chi connectivity index (χ4n) is 2.30. The summed E-state index contributed by atoms with van der Waals surface area (Å²) in [6.45, 7) is 3.57. The van der Waals surface area contributed by atoms with E-state index in [1.54, 1.807) is 0 Å². The van der Waals surface area contributed by atoms with Gasteiger partial charge < -0.3 is 9.47 Å². The molecule has 2 rings (SSSR count). The van der Waals surface area contributed by atoms with Crippen molar-refractivity contribution < 1.29 is 9.47 Å². The van der Waals surface area contributed by atoms with E-state index < -0.39 is 0 Å². The molecular weight excluding hydrogens is 200 g/mol. The Morgan fingerprint density at radius 2 is 2.06 bits per heavy atom. The molecule has 1 saturated heterocycles. The number of hydrogen-bond donors (Lipinski definition) is 0. The molecule has 0 bridgehead atoms. The van der Waals surface area contributed by atoms with Crippen molar-refractivity contribution in [2.24, 2.45) is 0 Å². The number of benzene rings is 1. The summed E-state index contributed by atoms with van der Waals surface area (Å²) in [5.74, 6) is -0.367. The van der Waals surface area contributed by atoms with Crippen LogP contribution in [0.15, 0.2) is 30.3 Å². The van der Waals surface area contributed by atoms with E-state index in [0.717, 1.165) is 25.9 Å². The van der Waals surface area contributed by atoms with Gasteiger partial charge in [-0.1, -0.05) is 30.3 Å². The van der Waals surface area contributed by atoms with Crippen LogP contribution in [0.4, 0.5) is 0 Å². The van der Waals surface area contributed by atoms with Gasteiger partial charge in [-0.3, -0.25) is 0 Å². The minimum atomic E-state index is -0.367. The molecule has 1 atom stereocenters. The monoisotopic (exact) mass is 220 g/mol. The van der Waals surface area contributed by atoms with Gasteiger partial charge >= 0.3 is 0 Å². The molecule has 0 radical (unpaired) electrons. The Balaban J connectivity index is 2.07. The molecule has 0 N–H and O–H groups in total. The SMILES string of the molecule is CCOC1(Cc2ccccc2)CCCCO1. The molecule has 0 aliphatic carbocycles. The van der Waals surface area contributed by atoms with E-state index in [-0.39, 0.29) is 5.79 Å². The van der Waals surface area contributed by atoms with Crippen LogP contribution in [-0.2, 0) is 15.9 Å². The van der Waals surface area contributed by atoms with Crippen molar-refractivity contribution in [3.05, 3.63) is 35.9 Å². The van der Waals surface area contributed by atoms with Gasteiger partial charge in [-0.25, -0.2) is 0 Å². The summed E-state index contributed by atoms with van der Waals surface area (Å²) in [7, 11) is 0. The van der Waals surface area contributed by atoms with Crippen molar-refractivity contribution in [2.45, 2.75) is 38.4 Å². The van der Waals surface area contributed by atoms with E-state index in [1.807, 2.05) is 13.0 Å². The predicted molar refractivity (Wildman–Crippen MR) is 64.3 cm³/mol. The first-order valence-corrected chi connectivity index (χ1v) is 6.16. The van der Waals surface area contributed by atoms with E-state index in [9.17, 15) is 0 Å². The molecule has 0 spiro atoms. The molecule has 1 fully saturated rings. The number of hydrogen-bond acceptors (Lipinski definition) is 2. The van der Waals surface area contributed by atoms with E-state index in [0.29, 0.717) is 6.61 Å². The summed E-state index contributed by atoms with van der Waals surface area (Å²) in [6, 6.07) is 10.5. The first-order valence-electron chi connectivity index (χ1n) is 6.16. The maximum atomic E-state index is 5.89. The zero-order valence-electron chi connectivity index (χ0n) is 9.95. The van der Waals surface area contributed by atoms with Gasteiger partial charge in [0, 0.05) is 19.4 Å². The second-order valence-electron chi connectivity index (χ2n) is 4.31. The van der Waals surface area contributed by atoms with Crippen LogP contribution < -0.4 is 0 Å². The number of ether oxygens (including phenoxy) is 2. The van der Waals surface area contributed by atoms with E-state index >= 15 is 0 Å². The molecule has 1 aromatic carbocycles. The highest BCUT2D eigenvalue weighted by Crippen LogP contribution is 2.29. The lowest BCUT2D eigenvalue weighted by molar-refractivity contribution is -0.252. The molecule has 0 amide bonds. The molecule has 1 aliphatic rings. The minimum Gasteiger partial charge on any atom is -0.350 e. The highest BCUT2D eigenvalue weighted by Gasteiger charge is 2.33. The first-order chi connectivity index (χ1) is 7.85. The third kappa shape index (κ3) is 2.83.